The van der Waals surface area contributed by atoms with E-state index in [4.69, 9.17) is 20.8 Å². The number of amides is 1. The van der Waals surface area contributed by atoms with Crippen molar-refractivity contribution in [2.75, 3.05) is 6.61 Å². The van der Waals surface area contributed by atoms with Crippen LogP contribution in [0, 0.1) is 0 Å². The predicted octanol–water partition coefficient (Wildman–Crippen LogP) is 5.87. The number of hydrogen-bond acceptors (Lipinski definition) is 5. The lowest BCUT2D eigenvalue weighted by Gasteiger charge is -2.22. The van der Waals surface area contributed by atoms with E-state index in [1.165, 1.54) is 11.3 Å². The maximum atomic E-state index is 13.2. The molecule has 5 rings (SSSR count). The minimum atomic E-state index is -0.404. The van der Waals surface area contributed by atoms with Gasteiger partial charge in [-0.1, -0.05) is 41.9 Å². The molecule has 1 atom stereocenters. The van der Waals surface area contributed by atoms with E-state index in [1.54, 1.807) is 12.1 Å². The molecule has 3 heterocycles. The standard InChI is InChI=1S/C25H20ClN3O3/c1-2-31-18-11-10-17-13-19(24(26)27-20(17)14-18)22-15-21(16-7-4-3-5-8-16)28-29(22)25(30)23-9-6-12-32-23/h3-14,22H,2,15H2,1H3. The van der Waals surface area contributed by atoms with Gasteiger partial charge in [-0.25, -0.2) is 9.99 Å². The Labute approximate surface area is 190 Å². The predicted molar refractivity (Wildman–Crippen MR) is 123 cm³/mol. The second-order valence-electron chi connectivity index (χ2n) is 7.42. The van der Waals surface area contributed by atoms with Crippen molar-refractivity contribution in [3.05, 3.63) is 95.0 Å². The third-order valence-electron chi connectivity index (χ3n) is 5.40. The van der Waals surface area contributed by atoms with Crippen LogP contribution in [0.1, 0.15) is 41.1 Å². The molecule has 2 aromatic heterocycles. The quantitative estimate of drug-likeness (QED) is 0.360. The normalized spacial score (nSPS) is 15.8. The van der Waals surface area contributed by atoms with Gasteiger partial charge < -0.3 is 9.15 Å². The lowest BCUT2D eigenvalue weighted by atomic mass is 9.98. The third-order valence-corrected chi connectivity index (χ3v) is 5.70. The molecule has 6 nitrogen and oxygen atoms in total. The van der Waals surface area contributed by atoms with Gasteiger partial charge in [0.05, 0.1) is 30.1 Å². The van der Waals surface area contributed by atoms with Gasteiger partial charge in [0.1, 0.15) is 10.9 Å². The van der Waals surface area contributed by atoms with Crippen LogP contribution in [0.15, 0.2) is 82.5 Å². The summed E-state index contributed by atoms with van der Waals surface area (Å²) in [6.07, 6.45) is 1.99. The molecule has 0 bridgehead atoms. The van der Waals surface area contributed by atoms with Crippen LogP contribution in [0.2, 0.25) is 5.15 Å². The van der Waals surface area contributed by atoms with Gasteiger partial charge in [0, 0.05) is 23.4 Å². The minimum Gasteiger partial charge on any atom is -0.494 e. The number of rotatable bonds is 5. The topological polar surface area (TPSA) is 67.9 Å². The fourth-order valence-corrected chi connectivity index (χ4v) is 4.16. The van der Waals surface area contributed by atoms with Crippen LogP contribution in [0.3, 0.4) is 0 Å². The number of fused-ring (bicyclic) bond motifs is 1. The zero-order chi connectivity index (χ0) is 22.1. The van der Waals surface area contributed by atoms with Crippen molar-refractivity contribution in [3.63, 3.8) is 0 Å². The molecule has 1 aliphatic heterocycles. The second-order valence-corrected chi connectivity index (χ2v) is 7.77. The van der Waals surface area contributed by atoms with Crippen molar-refractivity contribution in [3.8, 4) is 5.75 Å². The number of benzene rings is 2. The summed E-state index contributed by atoms with van der Waals surface area (Å²) in [5, 5.41) is 7.35. The molecule has 0 saturated heterocycles. The third kappa shape index (κ3) is 3.74. The van der Waals surface area contributed by atoms with Crippen molar-refractivity contribution >= 4 is 34.1 Å². The minimum absolute atomic E-state index is 0.222. The van der Waals surface area contributed by atoms with Crippen molar-refractivity contribution in [1.82, 2.24) is 9.99 Å². The highest BCUT2D eigenvalue weighted by Crippen LogP contribution is 2.38. The molecule has 0 radical (unpaired) electrons. The smallest absolute Gasteiger partial charge is 0.310 e. The molecule has 0 fully saturated rings. The van der Waals surface area contributed by atoms with Crippen LogP contribution in [0.5, 0.6) is 5.75 Å². The molecule has 32 heavy (non-hydrogen) atoms. The maximum absolute atomic E-state index is 13.2. The summed E-state index contributed by atoms with van der Waals surface area (Å²) in [6.45, 7) is 2.51. The first-order chi connectivity index (χ1) is 15.6. The fraction of sp³-hybridized carbons (Fsp3) is 0.160. The second kappa shape index (κ2) is 8.48. The molecule has 1 aliphatic rings. The highest BCUT2D eigenvalue weighted by atomic mass is 35.5. The van der Waals surface area contributed by atoms with E-state index >= 15 is 0 Å². The van der Waals surface area contributed by atoms with Gasteiger partial charge >= 0.3 is 5.91 Å². The first-order valence-corrected chi connectivity index (χ1v) is 10.7. The van der Waals surface area contributed by atoms with E-state index in [9.17, 15) is 4.79 Å². The van der Waals surface area contributed by atoms with Gasteiger partial charge in [-0.15, -0.1) is 0 Å². The van der Waals surface area contributed by atoms with Gasteiger partial charge in [0.15, 0.2) is 5.76 Å². The van der Waals surface area contributed by atoms with Gasteiger partial charge in [0.25, 0.3) is 0 Å². The summed E-state index contributed by atoms with van der Waals surface area (Å²) in [4.78, 5) is 17.8. The SMILES string of the molecule is CCOc1ccc2cc(C3CC(c4ccccc4)=NN3C(=O)c3ccco3)c(Cl)nc2c1. The lowest BCUT2D eigenvalue weighted by molar-refractivity contribution is 0.0678. The van der Waals surface area contributed by atoms with E-state index in [1.807, 2.05) is 61.5 Å². The van der Waals surface area contributed by atoms with Crippen molar-refractivity contribution in [2.45, 2.75) is 19.4 Å². The summed E-state index contributed by atoms with van der Waals surface area (Å²) < 4.78 is 10.9. The first kappa shape index (κ1) is 20.3. The van der Waals surface area contributed by atoms with Crippen LogP contribution in [-0.2, 0) is 0 Å². The number of ether oxygens (including phenoxy) is 1. The highest BCUT2D eigenvalue weighted by Gasteiger charge is 2.36. The van der Waals surface area contributed by atoms with Gasteiger partial charge in [-0.2, -0.15) is 5.10 Å². The first-order valence-electron chi connectivity index (χ1n) is 10.4. The van der Waals surface area contributed by atoms with Crippen molar-refractivity contribution < 1.29 is 13.9 Å². The number of aromatic nitrogens is 1. The summed E-state index contributed by atoms with van der Waals surface area (Å²) in [5.74, 6) is 0.634. The molecule has 0 N–H and O–H groups in total. The Kier molecular flexibility index (Phi) is 5.37. The van der Waals surface area contributed by atoms with Gasteiger partial charge in [0.2, 0.25) is 0 Å². The summed E-state index contributed by atoms with van der Waals surface area (Å²) in [6, 6.07) is 20.4. The number of hydrogen-bond donors (Lipinski definition) is 0. The van der Waals surface area contributed by atoms with Crippen LogP contribution in [0.25, 0.3) is 10.9 Å². The van der Waals surface area contributed by atoms with E-state index in [0.29, 0.717) is 18.2 Å². The molecular weight excluding hydrogens is 426 g/mol. The van der Waals surface area contributed by atoms with Crippen LogP contribution in [0.4, 0.5) is 0 Å². The molecule has 4 aromatic rings. The zero-order valence-corrected chi connectivity index (χ0v) is 18.1. The monoisotopic (exact) mass is 445 g/mol. The highest BCUT2D eigenvalue weighted by molar-refractivity contribution is 6.30. The number of carbonyl (C=O) groups is 1. The number of carbonyl (C=O) groups excluding carboxylic acids is 1. The van der Waals surface area contributed by atoms with Crippen molar-refractivity contribution in [2.24, 2.45) is 5.10 Å². The Morgan fingerprint density at radius 1 is 1.16 bits per heavy atom. The zero-order valence-electron chi connectivity index (χ0n) is 17.4. The van der Waals surface area contributed by atoms with E-state index in [-0.39, 0.29) is 11.7 Å². The molecule has 1 unspecified atom stereocenters. The Hall–Kier alpha value is -3.64. The average molecular weight is 446 g/mol. The number of pyridine rings is 1. The van der Waals surface area contributed by atoms with E-state index in [0.717, 1.165) is 33.5 Å². The summed E-state index contributed by atoms with van der Waals surface area (Å²) >= 11 is 6.64. The van der Waals surface area contributed by atoms with Crippen LogP contribution >= 0.6 is 11.6 Å². The molecule has 160 valence electrons. The lowest BCUT2D eigenvalue weighted by Crippen LogP contribution is -2.27. The largest absolute Gasteiger partial charge is 0.494 e. The van der Waals surface area contributed by atoms with Crippen LogP contribution in [-0.4, -0.2) is 28.2 Å². The summed E-state index contributed by atoms with van der Waals surface area (Å²) in [5.41, 5.74) is 3.23. The Balaban J connectivity index is 1.57. The maximum Gasteiger partial charge on any atom is 0.310 e. The Bertz CT molecular complexity index is 1300. The Morgan fingerprint density at radius 3 is 2.75 bits per heavy atom. The van der Waals surface area contributed by atoms with Gasteiger partial charge in [-0.05, 0) is 42.8 Å². The number of nitrogens with zero attached hydrogens (tertiary/aromatic N) is 3. The van der Waals surface area contributed by atoms with E-state index in [2.05, 4.69) is 10.1 Å². The number of furan rings is 1. The molecule has 0 aliphatic carbocycles. The average Bonchev–Trinajstić information content (AvgIpc) is 3.50. The molecule has 0 spiro atoms. The Morgan fingerprint density at radius 2 is 2.00 bits per heavy atom. The van der Waals surface area contributed by atoms with Crippen LogP contribution < -0.4 is 4.74 Å². The molecular formula is C25H20ClN3O3. The van der Waals surface area contributed by atoms with Crippen molar-refractivity contribution in [1.29, 1.82) is 0 Å². The number of halogens is 1. The summed E-state index contributed by atoms with van der Waals surface area (Å²) in [7, 11) is 0. The van der Waals surface area contributed by atoms with Gasteiger partial charge in [-0.3, -0.25) is 4.79 Å². The molecule has 7 heteroatoms. The van der Waals surface area contributed by atoms with E-state index < -0.39 is 6.04 Å². The molecule has 2 aromatic carbocycles. The number of hydrazone groups is 1. The molecule has 1 amide bonds. The molecule has 0 saturated carbocycles. The fourth-order valence-electron chi connectivity index (χ4n) is 3.89.